The molecule has 3 heterocycles. The fourth-order valence-electron chi connectivity index (χ4n) is 3.92. The van der Waals surface area contributed by atoms with Gasteiger partial charge in [0.2, 0.25) is 11.8 Å². The summed E-state index contributed by atoms with van der Waals surface area (Å²) < 4.78 is 21.7. The molecule has 0 bridgehead atoms. The number of likely N-dealkylation sites (tertiary alicyclic amines) is 1. The van der Waals surface area contributed by atoms with E-state index in [0.717, 1.165) is 23.5 Å². The molecule has 1 aromatic heterocycles. The van der Waals surface area contributed by atoms with Crippen molar-refractivity contribution in [2.75, 3.05) is 32.8 Å². The van der Waals surface area contributed by atoms with Crippen molar-refractivity contribution in [3.63, 3.8) is 0 Å². The number of carbonyl (C=O) groups is 1. The van der Waals surface area contributed by atoms with Crippen LogP contribution in [0.4, 0.5) is 4.39 Å². The Labute approximate surface area is 189 Å². The molecule has 0 saturated carbocycles. The summed E-state index contributed by atoms with van der Waals surface area (Å²) in [4.78, 5) is 19.4. The monoisotopic (exact) mass is 451 g/mol. The minimum absolute atomic E-state index is 0.0322. The van der Waals surface area contributed by atoms with Gasteiger partial charge in [-0.25, -0.2) is 13.7 Å². The highest BCUT2D eigenvalue weighted by molar-refractivity contribution is 7.97. The van der Waals surface area contributed by atoms with Crippen molar-refractivity contribution in [1.82, 2.24) is 14.2 Å². The second-order valence-electron chi connectivity index (χ2n) is 7.92. The summed E-state index contributed by atoms with van der Waals surface area (Å²) in [6, 6.07) is 14.4. The van der Waals surface area contributed by atoms with Crippen molar-refractivity contribution in [3.8, 4) is 11.5 Å². The van der Waals surface area contributed by atoms with Crippen LogP contribution < -0.4 is 0 Å². The SMILES string of the molecule is O=C(C(CO)c1ccccc1)N1CC(=C2CN(Sc3ccc(-c4ncco4)c(F)c3)C2)C1. The molecule has 1 N–H and O–H groups in total. The van der Waals surface area contributed by atoms with Gasteiger partial charge in [0, 0.05) is 31.1 Å². The third-order valence-electron chi connectivity index (χ3n) is 5.83. The average Bonchev–Trinajstić information content (AvgIpc) is 3.27. The number of benzene rings is 2. The molecule has 1 unspecified atom stereocenters. The molecule has 5 rings (SSSR count). The van der Waals surface area contributed by atoms with Gasteiger partial charge in [0.25, 0.3) is 0 Å². The number of nitrogens with zero attached hydrogens (tertiary/aromatic N) is 3. The second kappa shape index (κ2) is 8.90. The Morgan fingerprint density at radius 1 is 1.12 bits per heavy atom. The Balaban J connectivity index is 1.14. The quantitative estimate of drug-likeness (QED) is 0.455. The molecule has 2 aliphatic rings. The third-order valence-corrected chi connectivity index (χ3v) is 6.81. The van der Waals surface area contributed by atoms with Gasteiger partial charge in [-0.2, -0.15) is 0 Å². The van der Waals surface area contributed by atoms with E-state index in [2.05, 4.69) is 9.29 Å². The Bertz CT molecular complexity index is 1130. The number of hydrogen-bond acceptors (Lipinski definition) is 6. The smallest absolute Gasteiger partial charge is 0.233 e. The standard InChI is InChI=1S/C24H22FN3O3S/c25-22-10-19(6-7-20(22)23-26-8-9-31-23)32-28-13-18(14-28)17-11-27(12-17)24(30)21(15-29)16-4-2-1-3-5-16/h1-10,21,29H,11-15H2. The number of hydrogen-bond donors (Lipinski definition) is 1. The first-order valence-corrected chi connectivity index (χ1v) is 11.2. The molecule has 8 heteroatoms. The number of oxazole rings is 1. The Morgan fingerprint density at radius 3 is 2.53 bits per heavy atom. The van der Waals surface area contributed by atoms with Gasteiger partial charge in [-0.15, -0.1) is 0 Å². The molecule has 0 radical (unpaired) electrons. The van der Waals surface area contributed by atoms with Crippen LogP contribution in [0.1, 0.15) is 11.5 Å². The zero-order valence-electron chi connectivity index (χ0n) is 17.3. The van der Waals surface area contributed by atoms with E-state index in [1.807, 2.05) is 36.4 Å². The number of aliphatic hydroxyl groups is 1. The number of amides is 1. The number of carbonyl (C=O) groups excluding carboxylic acids is 1. The van der Waals surface area contributed by atoms with E-state index >= 15 is 0 Å². The fraction of sp³-hybridized carbons (Fsp3) is 0.250. The minimum Gasteiger partial charge on any atom is -0.444 e. The number of rotatable bonds is 6. The summed E-state index contributed by atoms with van der Waals surface area (Å²) >= 11 is 1.51. The van der Waals surface area contributed by atoms with Gasteiger partial charge in [0.15, 0.2) is 0 Å². The molecular formula is C24H22FN3O3S. The maximum Gasteiger partial charge on any atom is 0.233 e. The summed E-state index contributed by atoms with van der Waals surface area (Å²) in [7, 11) is 0. The van der Waals surface area contributed by atoms with Gasteiger partial charge in [0.05, 0.1) is 24.3 Å². The van der Waals surface area contributed by atoms with Crippen LogP contribution in [-0.2, 0) is 4.79 Å². The molecule has 6 nitrogen and oxygen atoms in total. The van der Waals surface area contributed by atoms with E-state index in [1.165, 1.54) is 41.6 Å². The zero-order chi connectivity index (χ0) is 22.1. The van der Waals surface area contributed by atoms with E-state index in [9.17, 15) is 14.3 Å². The molecule has 0 aliphatic carbocycles. The lowest BCUT2D eigenvalue weighted by Crippen LogP contribution is -2.50. The van der Waals surface area contributed by atoms with Gasteiger partial charge >= 0.3 is 0 Å². The zero-order valence-corrected chi connectivity index (χ0v) is 18.1. The van der Waals surface area contributed by atoms with Crippen LogP contribution in [0.3, 0.4) is 0 Å². The maximum absolute atomic E-state index is 14.4. The molecular weight excluding hydrogens is 429 g/mol. The van der Waals surface area contributed by atoms with Gasteiger partial charge in [-0.05, 0) is 46.9 Å². The van der Waals surface area contributed by atoms with E-state index in [4.69, 9.17) is 4.42 Å². The number of halogens is 1. The van der Waals surface area contributed by atoms with Crippen LogP contribution in [0, 0.1) is 5.82 Å². The number of aromatic nitrogens is 1. The summed E-state index contributed by atoms with van der Waals surface area (Å²) in [5, 5.41) is 9.71. The van der Waals surface area contributed by atoms with E-state index in [1.54, 1.807) is 11.0 Å². The van der Waals surface area contributed by atoms with Crippen molar-refractivity contribution in [3.05, 3.63) is 83.5 Å². The highest BCUT2D eigenvalue weighted by atomic mass is 32.2. The van der Waals surface area contributed by atoms with Crippen LogP contribution >= 0.6 is 11.9 Å². The van der Waals surface area contributed by atoms with Crippen LogP contribution in [-0.4, -0.2) is 58.0 Å². The van der Waals surface area contributed by atoms with E-state index < -0.39 is 5.92 Å². The fourth-order valence-corrected chi connectivity index (χ4v) is 4.95. The highest BCUT2D eigenvalue weighted by Crippen LogP contribution is 2.35. The van der Waals surface area contributed by atoms with Gasteiger partial charge in [-0.3, -0.25) is 4.79 Å². The molecule has 1 amide bonds. The maximum atomic E-state index is 14.4. The molecule has 2 aliphatic heterocycles. The minimum atomic E-state index is -0.509. The predicted octanol–water partition coefficient (Wildman–Crippen LogP) is 3.72. The topological polar surface area (TPSA) is 69.8 Å². The van der Waals surface area contributed by atoms with Crippen LogP contribution in [0.15, 0.2) is 81.4 Å². The van der Waals surface area contributed by atoms with Gasteiger partial charge in [-0.1, -0.05) is 30.3 Å². The molecule has 3 aromatic rings. The lowest BCUT2D eigenvalue weighted by Gasteiger charge is -2.42. The summed E-state index contributed by atoms with van der Waals surface area (Å²) in [6.07, 6.45) is 2.92. The molecule has 32 heavy (non-hydrogen) atoms. The van der Waals surface area contributed by atoms with Gasteiger partial charge < -0.3 is 14.4 Å². The first-order chi connectivity index (χ1) is 15.6. The van der Waals surface area contributed by atoms with Crippen molar-refractivity contribution in [2.24, 2.45) is 0 Å². The Morgan fingerprint density at radius 2 is 1.88 bits per heavy atom. The van der Waals surface area contributed by atoms with Crippen molar-refractivity contribution < 1.29 is 18.7 Å². The molecule has 2 saturated heterocycles. The number of aliphatic hydroxyl groups excluding tert-OH is 1. The van der Waals surface area contributed by atoms with Crippen molar-refractivity contribution in [2.45, 2.75) is 10.8 Å². The lowest BCUT2D eigenvalue weighted by molar-refractivity contribution is -0.135. The van der Waals surface area contributed by atoms with E-state index in [0.29, 0.717) is 18.7 Å². The molecule has 2 fully saturated rings. The Kier molecular flexibility index (Phi) is 5.82. The Hall–Kier alpha value is -2.94. The first-order valence-electron chi connectivity index (χ1n) is 10.4. The third kappa shape index (κ3) is 4.09. The van der Waals surface area contributed by atoms with Crippen LogP contribution in [0.5, 0.6) is 0 Å². The highest BCUT2D eigenvalue weighted by Gasteiger charge is 2.35. The predicted molar refractivity (Wildman–Crippen MR) is 119 cm³/mol. The van der Waals surface area contributed by atoms with E-state index in [-0.39, 0.29) is 24.2 Å². The molecule has 2 aromatic carbocycles. The summed E-state index contributed by atoms with van der Waals surface area (Å²) in [5.41, 5.74) is 3.80. The van der Waals surface area contributed by atoms with Crippen LogP contribution in [0.25, 0.3) is 11.5 Å². The second-order valence-corrected chi connectivity index (χ2v) is 9.09. The molecule has 1 atom stereocenters. The summed E-state index contributed by atoms with van der Waals surface area (Å²) in [5.74, 6) is -0.628. The first kappa shape index (κ1) is 20.9. The largest absolute Gasteiger partial charge is 0.444 e. The normalized spacial score (nSPS) is 17.1. The molecule has 0 spiro atoms. The average molecular weight is 452 g/mol. The molecule has 164 valence electrons. The lowest BCUT2D eigenvalue weighted by atomic mass is 9.92. The van der Waals surface area contributed by atoms with Crippen molar-refractivity contribution in [1.29, 1.82) is 0 Å². The van der Waals surface area contributed by atoms with Crippen LogP contribution in [0.2, 0.25) is 0 Å². The van der Waals surface area contributed by atoms with Crippen molar-refractivity contribution >= 4 is 17.9 Å². The summed E-state index contributed by atoms with van der Waals surface area (Å²) in [6.45, 7) is 2.65. The van der Waals surface area contributed by atoms with Gasteiger partial charge in [0.1, 0.15) is 12.1 Å².